The molecular formula is C24H30N4O2. The molecule has 2 aromatic heterocycles. The first kappa shape index (κ1) is 19.4. The number of rotatable bonds is 5. The highest BCUT2D eigenvalue weighted by molar-refractivity contribution is 5.68. The highest BCUT2D eigenvalue weighted by Gasteiger charge is 2.30. The summed E-state index contributed by atoms with van der Waals surface area (Å²) < 4.78 is 13.6. The van der Waals surface area contributed by atoms with Crippen molar-refractivity contribution in [1.29, 1.82) is 0 Å². The minimum atomic E-state index is 0.285. The van der Waals surface area contributed by atoms with Gasteiger partial charge in [-0.3, -0.25) is 0 Å². The Bertz CT molecular complexity index is 1020. The van der Waals surface area contributed by atoms with Gasteiger partial charge in [-0.15, -0.1) is 0 Å². The first-order valence-electron chi connectivity index (χ1n) is 11.2. The van der Waals surface area contributed by atoms with Crippen molar-refractivity contribution in [3.05, 3.63) is 47.7 Å². The van der Waals surface area contributed by atoms with E-state index >= 15 is 0 Å². The Balaban J connectivity index is 1.44. The van der Waals surface area contributed by atoms with Crippen molar-refractivity contribution < 1.29 is 9.26 Å². The minimum absolute atomic E-state index is 0.285. The number of nitrogens with zero attached hydrogens (tertiary/aromatic N) is 3. The molecule has 0 spiro atoms. The van der Waals surface area contributed by atoms with Crippen LogP contribution < -0.4 is 10.1 Å². The average molecular weight is 407 g/mol. The summed E-state index contributed by atoms with van der Waals surface area (Å²) in [4.78, 5) is 4.33. The van der Waals surface area contributed by atoms with Crippen molar-refractivity contribution in [3.63, 3.8) is 0 Å². The van der Waals surface area contributed by atoms with Gasteiger partial charge in [-0.1, -0.05) is 30.5 Å². The number of imidazole rings is 1. The van der Waals surface area contributed by atoms with E-state index in [1.807, 2.05) is 24.0 Å². The average Bonchev–Trinajstić information content (AvgIpc) is 3.41. The molecule has 2 aliphatic carbocycles. The van der Waals surface area contributed by atoms with Crippen LogP contribution in [-0.2, 0) is 6.42 Å². The van der Waals surface area contributed by atoms with Gasteiger partial charge in [0.05, 0.1) is 30.9 Å². The largest absolute Gasteiger partial charge is 0.495 e. The maximum atomic E-state index is 5.92. The van der Waals surface area contributed by atoms with Crippen LogP contribution in [-0.4, -0.2) is 27.9 Å². The molecule has 6 nitrogen and oxygen atoms in total. The Labute approximate surface area is 177 Å². The molecule has 1 N–H and O–H groups in total. The van der Waals surface area contributed by atoms with Gasteiger partial charge in [-0.05, 0) is 51.2 Å². The molecule has 0 bridgehead atoms. The standard InChI is InChI=1S/C24H30N4O2/c1-16-14-28(15-25-16)21-12-11-17(13-22(21)29-2)23-19-9-6-10-20(24(19)30-27-23)26-18-7-4-3-5-8-18/h11-15,18,20,26H,3-10H2,1-2H3. The van der Waals surface area contributed by atoms with Crippen LogP contribution in [0.15, 0.2) is 35.2 Å². The zero-order chi connectivity index (χ0) is 20.5. The van der Waals surface area contributed by atoms with Crippen LogP contribution in [0.5, 0.6) is 5.75 Å². The second-order valence-corrected chi connectivity index (χ2v) is 8.63. The summed E-state index contributed by atoms with van der Waals surface area (Å²) in [6, 6.07) is 7.12. The topological polar surface area (TPSA) is 65.1 Å². The summed E-state index contributed by atoms with van der Waals surface area (Å²) in [5.41, 5.74) is 5.18. The van der Waals surface area contributed by atoms with Crippen molar-refractivity contribution in [1.82, 2.24) is 20.0 Å². The van der Waals surface area contributed by atoms with Crippen LogP contribution >= 0.6 is 0 Å². The van der Waals surface area contributed by atoms with E-state index in [-0.39, 0.29) is 6.04 Å². The van der Waals surface area contributed by atoms with E-state index in [1.165, 1.54) is 37.7 Å². The van der Waals surface area contributed by atoms with Crippen LogP contribution in [0.3, 0.4) is 0 Å². The van der Waals surface area contributed by atoms with Crippen LogP contribution in [0, 0.1) is 6.92 Å². The van der Waals surface area contributed by atoms with Gasteiger partial charge in [0.2, 0.25) is 0 Å². The zero-order valence-corrected chi connectivity index (χ0v) is 17.9. The molecule has 1 saturated carbocycles. The predicted octanol–water partition coefficient (Wildman–Crippen LogP) is 5.14. The molecule has 1 fully saturated rings. The van der Waals surface area contributed by atoms with Gasteiger partial charge < -0.3 is 19.1 Å². The monoisotopic (exact) mass is 406 g/mol. The smallest absolute Gasteiger partial charge is 0.157 e. The molecule has 0 saturated heterocycles. The molecular weight excluding hydrogens is 376 g/mol. The zero-order valence-electron chi connectivity index (χ0n) is 17.9. The second-order valence-electron chi connectivity index (χ2n) is 8.63. The molecule has 0 amide bonds. The number of hydrogen-bond donors (Lipinski definition) is 1. The van der Waals surface area contributed by atoms with Crippen LogP contribution in [0.25, 0.3) is 16.9 Å². The third kappa shape index (κ3) is 3.65. The minimum Gasteiger partial charge on any atom is -0.495 e. The van der Waals surface area contributed by atoms with Gasteiger partial charge in [-0.25, -0.2) is 4.98 Å². The maximum Gasteiger partial charge on any atom is 0.157 e. The maximum absolute atomic E-state index is 5.92. The first-order valence-corrected chi connectivity index (χ1v) is 11.2. The van der Waals surface area contributed by atoms with Gasteiger partial charge in [0, 0.05) is 23.4 Å². The number of aryl methyl sites for hydroxylation is 1. The molecule has 0 aliphatic heterocycles. The highest BCUT2D eigenvalue weighted by Crippen LogP contribution is 2.39. The molecule has 30 heavy (non-hydrogen) atoms. The summed E-state index contributed by atoms with van der Waals surface area (Å²) in [6.07, 6.45) is 13.7. The Hall–Kier alpha value is -2.60. The molecule has 2 heterocycles. The van der Waals surface area contributed by atoms with Crippen molar-refractivity contribution >= 4 is 0 Å². The van der Waals surface area contributed by atoms with Crippen LogP contribution in [0.4, 0.5) is 0 Å². The lowest BCUT2D eigenvalue weighted by atomic mass is 9.88. The Morgan fingerprint density at radius 3 is 2.77 bits per heavy atom. The SMILES string of the molecule is COc1cc(-c2noc3c2CCCC3NC2CCCCC2)ccc1-n1cnc(C)c1. The molecule has 0 radical (unpaired) electrons. The molecule has 1 atom stereocenters. The normalized spacial score (nSPS) is 19.6. The third-order valence-electron chi connectivity index (χ3n) is 6.54. The number of nitrogens with one attached hydrogen (secondary N) is 1. The lowest BCUT2D eigenvalue weighted by molar-refractivity contribution is 0.270. The van der Waals surface area contributed by atoms with Crippen LogP contribution in [0.2, 0.25) is 0 Å². The fraction of sp³-hybridized carbons (Fsp3) is 0.500. The lowest BCUT2D eigenvalue weighted by Crippen LogP contribution is -2.35. The van der Waals surface area contributed by atoms with E-state index in [9.17, 15) is 0 Å². The molecule has 2 aliphatic rings. The third-order valence-corrected chi connectivity index (χ3v) is 6.54. The van der Waals surface area contributed by atoms with E-state index in [2.05, 4.69) is 33.7 Å². The van der Waals surface area contributed by atoms with Gasteiger partial charge >= 0.3 is 0 Å². The Morgan fingerprint density at radius 2 is 2.00 bits per heavy atom. The van der Waals surface area contributed by atoms with Gasteiger partial charge in [-0.2, -0.15) is 0 Å². The fourth-order valence-corrected chi connectivity index (χ4v) is 4.98. The molecule has 158 valence electrons. The lowest BCUT2D eigenvalue weighted by Gasteiger charge is -2.29. The Morgan fingerprint density at radius 1 is 1.13 bits per heavy atom. The van der Waals surface area contributed by atoms with E-state index in [0.29, 0.717) is 6.04 Å². The van der Waals surface area contributed by atoms with Crippen LogP contribution in [0.1, 0.15) is 68.0 Å². The van der Waals surface area contributed by atoms with Crippen molar-refractivity contribution in [3.8, 4) is 22.7 Å². The number of ether oxygens (including phenoxy) is 1. The molecule has 5 rings (SSSR count). The van der Waals surface area contributed by atoms with E-state index in [0.717, 1.165) is 53.4 Å². The van der Waals surface area contributed by atoms with Gasteiger partial charge in [0.1, 0.15) is 11.4 Å². The fourth-order valence-electron chi connectivity index (χ4n) is 4.98. The molecule has 6 heteroatoms. The number of aromatic nitrogens is 3. The van der Waals surface area contributed by atoms with E-state index in [1.54, 1.807) is 7.11 Å². The summed E-state index contributed by atoms with van der Waals surface area (Å²) >= 11 is 0. The molecule has 3 aromatic rings. The Kier molecular flexibility index (Phi) is 5.34. The van der Waals surface area contributed by atoms with Gasteiger partial charge in [0.25, 0.3) is 0 Å². The quantitative estimate of drug-likeness (QED) is 0.635. The van der Waals surface area contributed by atoms with Gasteiger partial charge in [0.15, 0.2) is 5.76 Å². The number of methoxy groups -OCH3 is 1. The summed E-state index contributed by atoms with van der Waals surface area (Å²) in [6.45, 7) is 1.98. The first-order chi connectivity index (χ1) is 14.7. The highest BCUT2D eigenvalue weighted by atomic mass is 16.5. The van der Waals surface area contributed by atoms with Crippen molar-refractivity contribution in [2.24, 2.45) is 0 Å². The summed E-state index contributed by atoms with van der Waals surface area (Å²) in [5.74, 6) is 1.84. The van der Waals surface area contributed by atoms with E-state index < -0.39 is 0 Å². The summed E-state index contributed by atoms with van der Waals surface area (Å²) in [7, 11) is 1.70. The predicted molar refractivity (Wildman–Crippen MR) is 116 cm³/mol. The number of hydrogen-bond acceptors (Lipinski definition) is 5. The van der Waals surface area contributed by atoms with Crippen molar-refractivity contribution in [2.45, 2.75) is 70.4 Å². The molecule has 1 aromatic carbocycles. The molecule has 1 unspecified atom stereocenters. The van der Waals surface area contributed by atoms with E-state index in [4.69, 9.17) is 9.26 Å². The number of benzene rings is 1. The summed E-state index contributed by atoms with van der Waals surface area (Å²) in [5, 5.41) is 8.37. The second kappa shape index (κ2) is 8.26. The van der Waals surface area contributed by atoms with Crippen molar-refractivity contribution in [2.75, 3.05) is 7.11 Å². The number of fused-ring (bicyclic) bond motifs is 1.